The fourth-order valence-electron chi connectivity index (χ4n) is 0.0747. The lowest BCUT2D eigenvalue weighted by atomic mass is 10.6. The highest BCUT2D eigenvalue weighted by molar-refractivity contribution is 5.74. The van der Waals surface area contributed by atoms with Crippen molar-refractivity contribution in [1.29, 1.82) is 0 Å². The quantitative estimate of drug-likeness (QED) is 0.352. The molecule has 0 unspecified atom stereocenters. The molecule has 8 heteroatoms. The van der Waals surface area contributed by atoms with Crippen molar-refractivity contribution in [1.82, 2.24) is 0 Å². The third-order valence-corrected chi connectivity index (χ3v) is 0.175. The zero-order valence-electron chi connectivity index (χ0n) is 7.63. The van der Waals surface area contributed by atoms with Crippen molar-refractivity contribution < 1.29 is 39.5 Å². The Morgan fingerprint density at radius 2 is 1.07 bits per heavy atom. The normalized spacial score (nSPS) is 6.71. The van der Waals surface area contributed by atoms with Gasteiger partial charge in [0, 0.05) is 0 Å². The Morgan fingerprint density at radius 3 is 1.07 bits per heavy atom. The Balaban J connectivity index is -0.000000147. The summed E-state index contributed by atoms with van der Waals surface area (Å²) < 4.78 is 3.08. The van der Waals surface area contributed by atoms with Crippen LogP contribution in [0.1, 0.15) is 20.3 Å². The van der Waals surface area contributed by atoms with Crippen molar-refractivity contribution in [2.45, 2.75) is 20.3 Å². The molecular formula is C6H12O8. The van der Waals surface area contributed by atoms with Crippen molar-refractivity contribution in [2.24, 2.45) is 0 Å². The Labute approximate surface area is 79.4 Å². The van der Waals surface area contributed by atoms with Crippen LogP contribution in [0, 0.1) is 0 Å². The van der Waals surface area contributed by atoms with Crippen molar-refractivity contribution in [3.63, 3.8) is 0 Å². The van der Waals surface area contributed by atoms with Crippen molar-refractivity contribution in [3.05, 3.63) is 0 Å². The molecule has 84 valence electrons. The third kappa shape index (κ3) is 201. The van der Waals surface area contributed by atoms with Gasteiger partial charge in [0.1, 0.15) is 0 Å². The number of hydrogen-bond acceptors (Lipinski definition) is 4. The Morgan fingerprint density at radius 1 is 0.929 bits per heavy atom. The fourth-order valence-corrected chi connectivity index (χ4v) is 0.0747. The SMILES string of the molecule is CCC.O=C(O)O.O=C(O)OC(=O)O. The van der Waals surface area contributed by atoms with E-state index >= 15 is 0 Å². The van der Waals surface area contributed by atoms with Crippen LogP contribution in [0.25, 0.3) is 0 Å². The third-order valence-electron chi connectivity index (χ3n) is 0.175. The maximum atomic E-state index is 9.21. The predicted octanol–water partition coefficient (Wildman–Crippen LogP) is 2.00. The molecule has 0 aromatic heterocycles. The molecule has 8 nitrogen and oxygen atoms in total. The molecule has 0 aliphatic carbocycles. The zero-order chi connectivity index (χ0) is 12.1. The lowest BCUT2D eigenvalue weighted by molar-refractivity contribution is 0.0801. The molecule has 0 atom stereocenters. The smallest absolute Gasteiger partial charge is 0.450 e. The summed E-state index contributed by atoms with van der Waals surface area (Å²) >= 11 is 0. The van der Waals surface area contributed by atoms with E-state index in [0.717, 1.165) is 0 Å². The van der Waals surface area contributed by atoms with Crippen LogP contribution in [-0.2, 0) is 4.74 Å². The van der Waals surface area contributed by atoms with E-state index in [1.54, 1.807) is 0 Å². The standard InChI is InChI=1S/C3H8.C2H2O5.CH2O3/c1-3-2;3-1(4)7-2(5)6;2-1(3)4/h3H2,1-2H3;(H,3,4)(H,5,6);(H2,2,3,4). The largest absolute Gasteiger partial charge is 0.516 e. The average molecular weight is 212 g/mol. The highest BCUT2D eigenvalue weighted by Gasteiger charge is 2.01. The molecular weight excluding hydrogens is 200 g/mol. The van der Waals surface area contributed by atoms with E-state index in [2.05, 4.69) is 18.6 Å². The first-order valence-electron chi connectivity index (χ1n) is 3.33. The summed E-state index contributed by atoms with van der Waals surface area (Å²) in [6.07, 6.45) is -4.21. The second-order valence-electron chi connectivity index (χ2n) is 1.62. The lowest BCUT2D eigenvalue weighted by Crippen LogP contribution is -2.05. The van der Waals surface area contributed by atoms with Gasteiger partial charge in [-0.25, -0.2) is 14.4 Å². The molecule has 14 heavy (non-hydrogen) atoms. The minimum Gasteiger partial charge on any atom is -0.450 e. The first kappa shape index (κ1) is 17.9. The molecule has 0 saturated heterocycles. The molecule has 0 aromatic carbocycles. The monoisotopic (exact) mass is 212 g/mol. The highest BCUT2D eigenvalue weighted by atomic mass is 16.7. The van der Waals surface area contributed by atoms with Gasteiger partial charge in [0.2, 0.25) is 0 Å². The van der Waals surface area contributed by atoms with Gasteiger partial charge in [-0.15, -0.1) is 0 Å². The van der Waals surface area contributed by atoms with Gasteiger partial charge in [-0.3, -0.25) is 0 Å². The van der Waals surface area contributed by atoms with E-state index in [1.807, 2.05) is 0 Å². The molecule has 0 heterocycles. The summed E-state index contributed by atoms with van der Waals surface area (Å²) in [7, 11) is 0. The number of carboxylic acid groups (broad SMARTS) is 4. The first-order valence-corrected chi connectivity index (χ1v) is 3.33. The lowest BCUT2D eigenvalue weighted by Gasteiger charge is -1.84. The summed E-state index contributed by atoms with van der Waals surface area (Å²) in [4.78, 5) is 27.0. The molecule has 0 bridgehead atoms. The van der Waals surface area contributed by atoms with E-state index in [9.17, 15) is 9.59 Å². The molecule has 0 rings (SSSR count). The molecule has 0 saturated carbocycles. The minimum atomic E-state index is -1.83. The van der Waals surface area contributed by atoms with Gasteiger partial charge in [-0.1, -0.05) is 20.3 Å². The Hall–Kier alpha value is -1.99. The van der Waals surface area contributed by atoms with Crippen LogP contribution < -0.4 is 0 Å². The van der Waals surface area contributed by atoms with E-state index < -0.39 is 18.5 Å². The summed E-state index contributed by atoms with van der Waals surface area (Å²) in [6.45, 7) is 4.25. The van der Waals surface area contributed by atoms with Gasteiger partial charge >= 0.3 is 18.5 Å². The molecule has 0 aliphatic heterocycles. The van der Waals surface area contributed by atoms with Gasteiger partial charge in [0.05, 0.1) is 0 Å². The molecule has 0 spiro atoms. The van der Waals surface area contributed by atoms with E-state index in [4.69, 9.17) is 25.2 Å². The Kier molecular flexibility index (Phi) is 17.4. The van der Waals surface area contributed by atoms with Crippen LogP contribution in [0.3, 0.4) is 0 Å². The van der Waals surface area contributed by atoms with Gasteiger partial charge in [-0.05, 0) is 0 Å². The van der Waals surface area contributed by atoms with Gasteiger partial charge < -0.3 is 25.2 Å². The zero-order valence-corrected chi connectivity index (χ0v) is 7.63. The maximum Gasteiger partial charge on any atom is 0.516 e. The summed E-state index contributed by atoms with van der Waals surface area (Å²) in [5, 5.41) is 28.9. The van der Waals surface area contributed by atoms with Crippen LogP contribution in [0.15, 0.2) is 0 Å². The summed E-state index contributed by atoms with van der Waals surface area (Å²) in [5.74, 6) is 0. The summed E-state index contributed by atoms with van der Waals surface area (Å²) in [6, 6.07) is 0. The first-order chi connectivity index (χ1) is 6.27. The number of hydrogen-bond donors (Lipinski definition) is 4. The maximum absolute atomic E-state index is 9.21. The van der Waals surface area contributed by atoms with E-state index in [-0.39, 0.29) is 0 Å². The van der Waals surface area contributed by atoms with Crippen molar-refractivity contribution in [2.75, 3.05) is 0 Å². The molecule has 0 aromatic rings. The van der Waals surface area contributed by atoms with E-state index in [0.29, 0.717) is 0 Å². The Bertz CT molecular complexity index is 159. The van der Waals surface area contributed by atoms with Crippen LogP contribution in [0.4, 0.5) is 14.4 Å². The predicted molar refractivity (Wildman–Crippen MR) is 43.8 cm³/mol. The average Bonchev–Trinajstić information content (AvgIpc) is 1.82. The molecule has 0 aliphatic rings. The topological polar surface area (TPSA) is 141 Å². The van der Waals surface area contributed by atoms with Crippen molar-refractivity contribution >= 4 is 18.5 Å². The molecule has 0 radical (unpaired) electrons. The van der Waals surface area contributed by atoms with Crippen LogP contribution in [0.5, 0.6) is 0 Å². The van der Waals surface area contributed by atoms with Gasteiger partial charge in [0.25, 0.3) is 0 Å². The van der Waals surface area contributed by atoms with E-state index in [1.165, 1.54) is 6.42 Å². The number of rotatable bonds is 0. The fraction of sp³-hybridized carbons (Fsp3) is 0.500. The second kappa shape index (κ2) is 13.6. The molecule has 0 fully saturated rings. The van der Waals surface area contributed by atoms with Crippen LogP contribution in [0.2, 0.25) is 0 Å². The second-order valence-corrected chi connectivity index (χ2v) is 1.62. The van der Waals surface area contributed by atoms with Crippen LogP contribution in [-0.4, -0.2) is 38.9 Å². The van der Waals surface area contributed by atoms with Gasteiger partial charge in [0.15, 0.2) is 0 Å². The summed E-state index contributed by atoms with van der Waals surface area (Å²) in [5.41, 5.74) is 0. The number of carbonyl (C=O) groups is 3. The highest BCUT2D eigenvalue weighted by Crippen LogP contribution is 1.73. The van der Waals surface area contributed by atoms with Crippen LogP contribution >= 0.6 is 0 Å². The number of ether oxygens (including phenoxy) is 1. The van der Waals surface area contributed by atoms with Crippen molar-refractivity contribution in [3.8, 4) is 0 Å². The molecule has 4 N–H and O–H groups in total. The van der Waals surface area contributed by atoms with Gasteiger partial charge in [-0.2, -0.15) is 0 Å². The molecule has 0 amide bonds. The minimum absolute atomic E-state index is 1.25.